The number of anilines is 1. The van der Waals surface area contributed by atoms with Crippen LogP contribution in [0.25, 0.3) is 0 Å². The molecule has 4 rings (SSSR count). The summed E-state index contributed by atoms with van der Waals surface area (Å²) in [6, 6.07) is 11.5. The zero-order chi connectivity index (χ0) is 21.3. The number of likely N-dealkylation sites (N-methyl/N-ethyl adjacent to an activating group) is 1. The van der Waals surface area contributed by atoms with E-state index in [1.54, 1.807) is 30.3 Å². The van der Waals surface area contributed by atoms with E-state index in [0.29, 0.717) is 36.0 Å². The number of fused-ring (bicyclic) bond motifs is 1. The zero-order valence-corrected chi connectivity index (χ0v) is 18.2. The number of halogens is 1. The lowest BCUT2D eigenvalue weighted by molar-refractivity contribution is -0.122. The van der Waals surface area contributed by atoms with Crippen molar-refractivity contribution in [2.45, 2.75) is 24.3 Å². The fourth-order valence-electron chi connectivity index (χ4n) is 3.73. The monoisotopic (exact) mass is 449 g/mol. The van der Waals surface area contributed by atoms with Crippen LogP contribution < -0.4 is 10.1 Å². The van der Waals surface area contributed by atoms with Crippen molar-refractivity contribution in [2.75, 3.05) is 38.0 Å². The molecule has 2 aliphatic heterocycles. The SMILES string of the molecule is CCN1CCN(S(=O)(=O)c2ccc(NC(=O)C3Cc4cc(Cl)ccc4O3)cc2)CC1. The van der Waals surface area contributed by atoms with Gasteiger partial charge in [-0.15, -0.1) is 0 Å². The number of nitrogens with zero attached hydrogens (tertiary/aromatic N) is 2. The Labute approximate surface area is 181 Å². The molecule has 0 saturated carbocycles. The van der Waals surface area contributed by atoms with Gasteiger partial charge in [0.1, 0.15) is 5.75 Å². The number of carbonyl (C=O) groups is 1. The van der Waals surface area contributed by atoms with E-state index in [0.717, 1.165) is 25.2 Å². The standard InChI is InChI=1S/C21H24ClN3O4S/c1-2-24-9-11-25(12-10-24)30(27,28)18-6-4-17(5-7-18)23-21(26)20-14-15-13-16(22)3-8-19(15)29-20/h3-8,13,20H,2,9-12,14H2,1H3,(H,23,26). The van der Waals surface area contributed by atoms with Gasteiger partial charge in [0, 0.05) is 43.3 Å². The number of rotatable bonds is 5. The molecule has 9 heteroatoms. The molecule has 1 fully saturated rings. The second kappa shape index (κ2) is 8.55. The highest BCUT2D eigenvalue weighted by molar-refractivity contribution is 7.89. The molecule has 0 spiro atoms. The third kappa shape index (κ3) is 4.32. The largest absolute Gasteiger partial charge is 0.480 e. The van der Waals surface area contributed by atoms with Crippen molar-refractivity contribution in [1.29, 1.82) is 0 Å². The molecule has 1 unspecified atom stereocenters. The van der Waals surface area contributed by atoms with E-state index >= 15 is 0 Å². The van der Waals surface area contributed by atoms with Crippen LogP contribution in [0, 0.1) is 0 Å². The third-order valence-electron chi connectivity index (χ3n) is 5.53. The second-order valence-electron chi connectivity index (χ2n) is 7.41. The molecule has 0 aromatic heterocycles. The first-order valence-electron chi connectivity index (χ1n) is 9.95. The van der Waals surface area contributed by atoms with Crippen molar-refractivity contribution in [1.82, 2.24) is 9.21 Å². The second-order valence-corrected chi connectivity index (χ2v) is 9.79. The molecule has 0 bridgehead atoms. The van der Waals surface area contributed by atoms with Gasteiger partial charge in [-0.3, -0.25) is 4.79 Å². The number of carbonyl (C=O) groups excluding carboxylic acids is 1. The molecule has 0 aliphatic carbocycles. The minimum Gasteiger partial charge on any atom is -0.480 e. The Hall–Kier alpha value is -2.13. The van der Waals surface area contributed by atoms with Gasteiger partial charge >= 0.3 is 0 Å². The third-order valence-corrected chi connectivity index (χ3v) is 7.68. The van der Waals surface area contributed by atoms with Gasteiger partial charge in [-0.05, 0) is 54.6 Å². The minimum atomic E-state index is -3.54. The maximum Gasteiger partial charge on any atom is 0.265 e. The summed E-state index contributed by atoms with van der Waals surface area (Å²) in [7, 11) is -3.54. The summed E-state index contributed by atoms with van der Waals surface area (Å²) in [5.74, 6) is 0.373. The maximum atomic E-state index is 12.9. The Kier molecular flexibility index (Phi) is 6.02. The fraction of sp³-hybridized carbons (Fsp3) is 0.381. The first-order chi connectivity index (χ1) is 14.4. The molecule has 1 atom stereocenters. The number of benzene rings is 2. The summed E-state index contributed by atoms with van der Waals surface area (Å²) in [6.07, 6.45) is -0.200. The highest BCUT2D eigenvalue weighted by Crippen LogP contribution is 2.31. The molecular formula is C21H24ClN3O4S. The van der Waals surface area contributed by atoms with Crippen LogP contribution in [0.1, 0.15) is 12.5 Å². The smallest absolute Gasteiger partial charge is 0.265 e. The van der Waals surface area contributed by atoms with Crippen molar-refractivity contribution in [3.8, 4) is 5.75 Å². The van der Waals surface area contributed by atoms with Gasteiger partial charge < -0.3 is 15.0 Å². The molecule has 2 aromatic rings. The van der Waals surface area contributed by atoms with Crippen LogP contribution in [0.15, 0.2) is 47.4 Å². The maximum absolute atomic E-state index is 12.9. The Balaban J connectivity index is 1.39. The van der Waals surface area contributed by atoms with E-state index in [-0.39, 0.29) is 10.8 Å². The molecule has 1 N–H and O–H groups in total. The Morgan fingerprint density at radius 2 is 1.83 bits per heavy atom. The van der Waals surface area contributed by atoms with Crippen molar-refractivity contribution < 1.29 is 17.9 Å². The van der Waals surface area contributed by atoms with E-state index < -0.39 is 16.1 Å². The van der Waals surface area contributed by atoms with E-state index in [9.17, 15) is 13.2 Å². The number of hydrogen-bond donors (Lipinski definition) is 1. The first-order valence-corrected chi connectivity index (χ1v) is 11.8. The van der Waals surface area contributed by atoms with Gasteiger partial charge in [-0.25, -0.2) is 8.42 Å². The van der Waals surface area contributed by atoms with Gasteiger partial charge in [0.05, 0.1) is 4.90 Å². The number of piperazine rings is 1. The van der Waals surface area contributed by atoms with Crippen LogP contribution in [0.5, 0.6) is 5.75 Å². The molecular weight excluding hydrogens is 426 g/mol. The quantitative estimate of drug-likeness (QED) is 0.759. The van der Waals surface area contributed by atoms with Gasteiger partial charge in [-0.2, -0.15) is 4.31 Å². The van der Waals surface area contributed by atoms with Gasteiger partial charge in [0.25, 0.3) is 5.91 Å². The van der Waals surface area contributed by atoms with Gasteiger partial charge in [0.15, 0.2) is 6.10 Å². The summed E-state index contributed by atoms with van der Waals surface area (Å²) in [6.45, 7) is 5.43. The van der Waals surface area contributed by atoms with E-state index in [2.05, 4.69) is 17.1 Å². The van der Waals surface area contributed by atoms with Gasteiger partial charge in [0.2, 0.25) is 10.0 Å². The van der Waals surface area contributed by atoms with Crippen molar-refractivity contribution in [3.63, 3.8) is 0 Å². The molecule has 2 heterocycles. The Morgan fingerprint density at radius 3 is 2.50 bits per heavy atom. The van der Waals surface area contributed by atoms with Crippen molar-refractivity contribution in [2.24, 2.45) is 0 Å². The molecule has 30 heavy (non-hydrogen) atoms. The summed E-state index contributed by atoms with van der Waals surface area (Å²) in [5.41, 5.74) is 1.42. The number of amides is 1. The lowest BCUT2D eigenvalue weighted by Crippen LogP contribution is -2.48. The predicted octanol–water partition coefficient (Wildman–Crippen LogP) is 2.61. The van der Waals surface area contributed by atoms with Crippen LogP contribution in [0.4, 0.5) is 5.69 Å². The lowest BCUT2D eigenvalue weighted by atomic mass is 10.1. The molecule has 2 aromatic carbocycles. The summed E-state index contributed by atoms with van der Waals surface area (Å²) in [4.78, 5) is 15.0. The summed E-state index contributed by atoms with van der Waals surface area (Å²) in [5, 5.41) is 3.40. The minimum absolute atomic E-state index is 0.226. The lowest BCUT2D eigenvalue weighted by Gasteiger charge is -2.33. The van der Waals surface area contributed by atoms with Crippen molar-refractivity contribution >= 4 is 33.2 Å². The summed E-state index contributed by atoms with van der Waals surface area (Å²) >= 11 is 5.99. The highest BCUT2D eigenvalue weighted by atomic mass is 35.5. The average Bonchev–Trinajstić information content (AvgIpc) is 3.17. The first kappa shape index (κ1) is 21.1. The van der Waals surface area contributed by atoms with E-state index in [4.69, 9.17) is 16.3 Å². The van der Waals surface area contributed by atoms with Crippen molar-refractivity contribution in [3.05, 3.63) is 53.1 Å². The highest BCUT2D eigenvalue weighted by Gasteiger charge is 2.30. The zero-order valence-electron chi connectivity index (χ0n) is 16.7. The Morgan fingerprint density at radius 1 is 1.13 bits per heavy atom. The van der Waals surface area contributed by atoms with Crippen LogP contribution in [0.2, 0.25) is 5.02 Å². The van der Waals surface area contributed by atoms with Gasteiger partial charge in [-0.1, -0.05) is 18.5 Å². The number of nitrogens with one attached hydrogen (secondary N) is 1. The molecule has 160 valence electrons. The average molecular weight is 450 g/mol. The normalized spacial score (nSPS) is 19.9. The molecule has 1 saturated heterocycles. The van der Waals surface area contributed by atoms with Crippen LogP contribution in [-0.4, -0.2) is 62.4 Å². The molecule has 1 amide bonds. The van der Waals surface area contributed by atoms with Crippen LogP contribution >= 0.6 is 11.6 Å². The van der Waals surface area contributed by atoms with E-state index in [1.165, 1.54) is 16.4 Å². The topological polar surface area (TPSA) is 79.0 Å². The summed E-state index contributed by atoms with van der Waals surface area (Å²) < 4.78 is 32.9. The number of hydrogen-bond acceptors (Lipinski definition) is 5. The molecule has 0 radical (unpaired) electrons. The predicted molar refractivity (Wildman–Crippen MR) is 116 cm³/mol. The number of sulfonamides is 1. The fourth-order valence-corrected chi connectivity index (χ4v) is 5.35. The van der Waals surface area contributed by atoms with Crippen LogP contribution in [0.3, 0.4) is 0 Å². The van der Waals surface area contributed by atoms with Crippen LogP contribution in [-0.2, 0) is 21.2 Å². The number of ether oxygens (including phenoxy) is 1. The molecule has 2 aliphatic rings. The van der Waals surface area contributed by atoms with E-state index in [1.807, 2.05) is 0 Å². The molecule has 7 nitrogen and oxygen atoms in total. The Bertz CT molecular complexity index is 1030.